The summed E-state index contributed by atoms with van der Waals surface area (Å²) < 4.78 is 5.45. The molecule has 1 fully saturated rings. The molecule has 1 unspecified atom stereocenters. The standard InChI is InChI=1S/C20H25N3O2/c1-14-3-2-4-18(22-14)20(16-7-8-16)23-19(24)13-15-5-9-17(10-6-15)25-12-11-21/h2-6,9-10,16,20H,7-8,11-13,21H2,1H3,(H,23,24). The Bertz CT molecular complexity index is 711. The number of hydrogen-bond donors (Lipinski definition) is 2. The van der Waals surface area contributed by atoms with Crippen LogP contribution in [-0.2, 0) is 11.2 Å². The Morgan fingerprint density at radius 1 is 1.28 bits per heavy atom. The number of aryl methyl sites for hydroxylation is 1. The molecule has 0 spiro atoms. The maximum Gasteiger partial charge on any atom is 0.224 e. The van der Waals surface area contributed by atoms with Crippen molar-refractivity contribution >= 4 is 5.91 Å². The van der Waals surface area contributed by atoms with Gasteiger partial charge in [-0.05, 0) is 55.5 Å². The lowest BCUT2D eigenvalue weighted by Gasteiger charge is -2.18. The van der Waals surface area contributed by atoms with Gasteiger partial charge in [0, 0.05) is 12.2 Å². The van der Waals surface area contributed by atoms with Gasteiger partial charge in [0.1, 0.15) is 12.4 Å². The van der Waals surface area contributed by atoms with Gasteiger partial charge in [-0.25, -0.2) is 0 Å². The Hall–Kier alpha value is -2.40. The largest absolute Gasteiger partial charge is 0.492 e. The van der Waals surface area contributed by atoms with Crippen LogP contribution in [0.4, 0.5) is 0 Å². The van der Waals surface area contributed by atoms with Crippen LogP contribution in [0.2, 0.25) is 0 Å². The summed E-state index contributed by atoms with van der Waals surface area (Å²) in [7, 11) is 0. The lowest BCUT2D eigenvalue weighted by Crippen LogP contribution is -2.31. The van der Waals surface area contributed by atoms with E-state index in [0.29, 0.717) is 25.5 Å². The molecule has 1 aliphatic rings. The van der Waals surface area contributed by atoms with Gasteiger partial charge in [0.05, 0.1) is 18.2 Å². The molecule has 1 saturated carbocycles. The van der Waals surface area contributed by atoms with Crippen molar-refractivity contribution in [2.24, 2.45) is 11.7 Å². The number of aromatic nitrogens is 1. The molecule has 1 aromatic heterocycles. The molecule has 132 valence electrons. The quantitative estimate of drug-likeness (QED) is 0.775. The van der Waals surface area contributed by atoms with Gasteiger partial charge < -0.3 is 15.8 Å². The number of amides is 1. The summed E-state index contributed by atoms with van der Waals surface area (Å²) in [5.74, 6) is 1.30. The van der Waals surface area contributed by atoms with Gasteiger partial charge in [-0.2, -0.15) is 0 Å². The Labute approximate surface area is 148 Å². The van der Waals surface area contributed by atoms with Crippen LogP contribution in [-0.4, -0.2) is 24.0 Å². The Morgan fingerprint density at radius 2 is 2.04 bits per heavy atom. The van der Waals surface area contributed by atoms with Crippen molar-refractivity contribution in [2.45, 2.75) is 32.2 Å². The smallest absolute Gasteiger partial charge is 0.224 e. The van der Waals surface area contributed by atoms with Crippen LogP contribution in [0.15, 0.2) is 42.5 Å². The first-order valence-electron chi connectivity index (χ1n) is 8.80. The second-order valence-corrected chi connectivity index (χ2v) is 6.54. The highest BCUT2D eigenvalue weighted by atomic mass is 16.5. The van der Waals surface area contributed by atoms with Crippen molar-refractivity contribution in [1.82, 2.24) is 10.3 Å². The van der Waals surface area contributed by atoms with Crippen molar-refractivity contribution in [2.75, 3.05) is 13.2 Å². The summed E-state index contributed by atoms with van der Waals surface area (Å²) in [6.07, 6.45) is 2.65. The zero-order chi connectivity index (χ0) is 17.6. The molecular weight excluding hydrogens is 314 g/mol. The first kappa shape index (κ1) is 17.4. The third-order valence-corrected chi connectivity index (χ3v) is 4.31. The van der Waals surface area contributed by atoms with Crippen molar-refractivity contribution in [3.05, 3.63) is 59.4 Å². The van der Waals surface area contributed by atoms with Crippen LogP contribution in [0.1, 0.15) is 35.8 Å². The fourth-order valence-electron chi connectivity index (χ4n) is 2.89. The van der Waals surface area contributed by atoms with Crippen LogP contribution >= 0.6 is 0 Å². The van der Waals surface area contributed by atoms with E-state index < -0.39 is 0 Å². The zero-order valence-electron chi connectivity index (χ0n) is 14.6. The third-order valence-electron chi connectivity index (χ3n) is 4.31. The highest BCUT2D eigenvalue weighted by molar-refractivity contribution is 5.79. The number of nitrogens with two attached hydrogens (primary N) is 1. The van der Waals surface area contributed by atoms with E-state index in [1.165, 1.54) is 0 Å². The molecule has 1 amide bonds. The fraction of sp³-hybridized carbons (Fsp3) is 0.400. The van der Waals surface area contributed by atoms with Crippen LogP contribution in [0.5, 0.6) is 5.75 Å². The minimum absolute atomic E-state index is 0.0135. The molecule has 1 heterocycles. The number of hydrogen-bond acceptors (Lipinski definition) is 4. The van der Waals surface area contributed by atoms with Crippen molar-refractivity contribution in [3.63, 3.8) is 0 Å². The van der Waals surface area contributed by atoms with Gasteiger partial charge in [0.2, 0.25) is 5.91 Å². The summed E-state index contributed by atoms with van der Waals surface area (Å²) in [6, 6.07) is 13.6. The number of nitrogens with zero attached hydrogens (tertiary/aromatic N) is 1. The minimum atomic E-state index is 0.0135. The average Bonchev–Trinajstić information content (AvgIpc) is 3.44. The van der Waals surface area contributed by atoms with E-state index in [0.717, 1.165) is 35.5 Å². The second-order valence-electron chi connectivity index (χ2n) is 6.54. The van der Waals surface area contributed by atoms with Gasteiger partial charge in [-0.1, -0.05) is 18.2 Å². The summed E-state index contributed by atoms with van der Waals surface area (Å²) in [4.78, 5) is 17.1. The first-order chi connectivity index (χ1) is 12.2. The first-order valence-corrected chi connectivity index (χ1v) is 8.80. The zero-order valence-corrected chi connectivity index (χ0v) is 14.6. The monoisotopic (exact) mass is 339 g/mol. The number of carbonyl (C=O) groups is 1. The van der Waals surface area contributed by atoms with Crippen LogP contribution < -0.4 is 15.8 Å². The number of benzene rings is 1. The van der Waals surface area contributed by atoms with E-state index in [-0.39, 0.29) is 11.9 Å². The molecule has 1 atom stereocenters. The van der Waals surface area contributed by atoms with Gasteiger partial charge in [-0.3, -0.25) is 9.78 Å². The van der Waals surface area contributed by atoms with Crippen molar-refractivity contribution < 1.29 is 9.53 Å². The summed E-state index contributed by atoms with van der Waals surface area (Å²) in [5.41, 5.74) is 8.32. The van der Waals surface area contributed by atoms with Crippen LogP contribution in [0.3, 0.4) is 0 Å². The summed E-state index contributed by atoms with van der Waals surface area (Å²) in [5, 5.41) is 3.17. The molecular formula is C20H25N3O2. The number of ether oxygens (including phenoxy) is 1. The van der Waals surface area contributed by atoms with Gasteiger partial charge >= 0.3 is 0 Å². The molecule has 0 radical (unpaired) electrons. The normalized spacial score (nSPS) is 14.8. The number of pyridine rings is 1. The second kappa shape index (κ2) is 8.12. The third kappa shape index (κ3) is 5.03. The molecule has 0 saturated heterocycles. The van der Waals surface area contributed by atoms with Gasteiger partial charge in [-0.15, -0.1) is 0 Å². The van der Waals surface area contributed by atoms with E-state index in [1.807, 2.05) is 49.4 Å². The van der Waals surface area contributed by atoms with Gasteiger partial charge in [0.15, 0.2) is 0 Å². The molecule has 2 aromatic rings. The Morgan fingerprint density at radius 3 is 2.68 bits per heavy atom. The van der Waals surface area contributed by atoms with Crippen LogP contribution in [0.25, 0.3) is 0 Å². The van der Waals surface area contributed by atoms with E-state index in [9.17, 15) is 4.79 Å². The SMILES string of the molecule is Cc1cccc(C(NC(=O)Cc2ccc(OCCN)cc2)C2CC2)n1. The number of rotatable bonds is 8. The predicted molar refractivity (Wildman–Crippen MR) is 97.3 cm³/mol. The Kier molecular flexibility index (Phi) is 5.66. The highest BCUT2D eigenvalue weighted by Crippen LogP contribution is 2.40. The highest BCUT2D eigenvalue weighted by Gasteiger charge is 2.34. The lowest BCUT2D eigenvalue weighted by atomic mass is 10.1. The topological polar surface area (TPSA) is 77.2 Å². The molecule has 1 aliphatic carbocycles. The molecule has 0 aliphatic heterocycles. The predicted octanol–water partition coefficient (Wildman–Crippen LogP) is 2.54. The maximum absolute atomic E-state index is 12.5. The average molecular weight is 339 g/mol. The molecule has 25 heavy (non-hydrogen) atoms. The summed E-state index contributed by atoms with van der Waals surface area (Å²) in [6.45, 7) is 2.95. The molecule has 1 aromatic carbocycles. The molecule has 5 heteroatoms. The minimum Gasteiger partial charge on any atom is -0.492 e. The molecule has 3 rings (SSSR count). The van der Waals surface area contributed by atoms with Crippen LogP contribution in [0, 0.1) is 12.8 Å². The lowest BCUT2D eigenvalue weighted by molar-refractivity contribution is -0.121. The van der Waals surface area contributed by atoms with E-state index in [4.69, 9.17) is 10.5 Å². The van der Waals surface area contributed by atoms with E-state index >= 15 is 0 Å². The van der Waals surface area contributed by atoms with Crippen molar-refractivity contribution in [3.8, 4) is 5.75 Å². The maximum atomic E-state index is 12.5. The molecule has 5 nitrogen and oxygen atoms in total. The van der Waals surface area contributed by atoms with E-state index in [2.05, 4.69) is 10.3 Å². The number of nitrogens with one attached hydrogen (secondary N) is 1. The van der Waals surface area contributed by atoms with E-state index in [1.54, 1.807) is 0 Å². The fourth-order valence-corrected chi connectivity index (χ4v) is 2.89. The Balaban J connectivity index is 1.60. The molecule has 3 N–H and O–H groups in total. The van der Waals surface area contributed by atoms with Crippen molar-refractivity contribution in [1.29, 1.82) is 0 Å². The van der Waals surface area contributed by atoms with Gasteiger partial charge in [0.25, 0.3) is 0 Å². The summed E-state index contributed by atoms with van der Waals surface area (Å²) >= 11 is 0. The molecule has 0 bridgehead atoms. The number of carbonyl (C=O) groups excluding carboxylic acids is 1.